The first-order chi connectivity index (χ1) is 10.4. The van der Waals surface area contributed by atoms with E-state index in [9.17, 15) is 9.59 Å². The molecule has 0 N–H and O–H groups in total. The van der Waals surface area contributed by atoms with Gasteiger partial charge in [-0.05, 0) is 39.2 Å². The number of carbonyl (C=O) groups excluding carboxylic acids is 2. The topological polar surface area (TPSA) is 49.9 Å². The van der Waals surface area contributed by atoms with E-state index in [2.05, 4.69) is 15.9 Å². The molecule has 0 fully saturated rings. The number of nitrogens with zero attached hydrogens (tertiary/aromatic N) is 2. The maximum Gasteiger partial charge on any atom is 0.307 e. The lowest BCUT2D eigenvalue weighted by Crippen LogP contribution is -2.38. The second-order valence-electron chi connectivity index (χ2n) is 5.16. The molecule has 22 heavy (non-hydrogen) atoms. The Balaban J connectivity index is 2.75. The summed E-state index contributed by atoms with van der Waals surface area (Å²) in [4.78, 5) is 27.8. The molecule has 0 aliphatic heterocycles. The van der Waals surface area contributed by atoms with Gasteiger partial charge in [-0.3, -0.25) is 9.59 Å². The Labute approximate surface area is 140 Å². The number of carbonyl (C=O) groups is 2. The molecule has 0 radical (unpaired) electrons. The van der Waals surface area contributed by atoms with Gasteiger partial charge >= 0.3 is 5.97 Å². The van der Waals surface area contributed by atoms with Crippen molar-refractivity contribution in [2.24, 2.45) is 0 Å². The molecule has 0 aliphatic rings. The number of esters is 1. The number of hydrogen-bond acceptors (Lipinski definition) is 4. The first-order valence-corrected chi connectivity index (χ1v) is 8.08. The fraction of sp³-hybridized carbons (Fsp3) is 0.500. The summed E-state index contributed by atoms with van der Waals surface area (Å²) in [5.41, 5.74) is 0.608. The third kappa shape index (κ3) is 6.58. The molecular formula is C16H23BrN2O3. The number of hydrogen-bond donors (Lipinski definition) is 0. The second kappa shape index (κ2) is 9.58. The van der Waals surface area contributed by atoms with E-state index in [1.165, 1.54) is 0 Å². The van der Waals surface area contributed by atoms with Gasteiger partial charge in [0.05, 0.1) is 13.0 Å². The highest BCUT2D eigenvalue weighted by atomic mass is 79.9. The van der Waals surface area contributed by atoms with Crippen molar-refractivity contribution in [3.05, 3.63) is 34.3 Å². The Kier molecular flexibility index (Phi) is 8.12. The quantitative estimate of drug-likeness (QED) is 0.659. The molecule has 1 rings (SSSR count). The predicted octanol–water partition coefficient (Wildman–Crippen LogP) is 2.41. The van der Waals surface area contributed by atoms with Crippen molar-refractivity contribution >= 4 is 27.8 Å². The number of ether oxygens (including phenoxy) is 1. The van der Waals surface area contributed by atoms with Gasteiger partial charge in [-0.15, -0.1) is 0 Å². The Morgan fingerprint density at radius 1 is 1.18 bits per heavy atom. The molecule has 0 heterocycles. The summed E-state index contributed by atoms with van der Waals surface area (Å²) in [7, 11) is 3.90. The maximum absolute atomic E-state index is 12.6. The molecule has 0 spiro atoms. The molecular weight excluding hydrogens is 348 g/mol. The monoisotopic (exact) mass is 370 g/mol. The smallest absolute Gasteiger partial charge is 0.307 e. The van der Waals surface area contributed by atoms with Crippen molar-refractivity contribution < 1.29 is 14.3 Å². The van der Waals surface area contributed by atoms with E-state index in [4.69, 9.17) is 4.74 Å². The van der Waals surface area contributed by atoms with Crippen LogP contribution >= 0.6 is 15.9 Å². The minimum Gasteiger partial charge on any atom is -0.466 e. The van der Waals surface area contributed by atoms with Crippen LogP contribution in [0.2, 0.25) is 0 Å². The van der Waals surface area contributed by atoms with Crippen LogP contribution in [0.5, 0.6) is 0 Å². The highest BCUT2D eigenvalue weighted by molar-refractivity contribution is 9.10. The van der Waals surface area contributed by atoms with Crippen LogP contribution in [0.15, 0.2) is 28.7 Å². The summed E-state index contributed by atoms with van der Waals surface area (Å²) in [6.45, 7) is 3.79. The van der Waals surface area contributed by atoms with Crippen LogP contribution in [0.25, 0.3) is 0 Å². The zero-order valence-electron chi connectivity index (χ0n) is 13.3. The number of benzene rings is 1. The Morgan fingerprint density at radius 2 is 1.91 bits per heavy atom. The highest BCUT2D eigenvalue weighted by Crippen LogP contribution is 2.14. The summed E-state index contributed by atoms with van der Waals surface area (Å²) in [5, 5.41) is 0. The van der Waals surface area contributed by atoms with E-state index in [0.717, 1.165) is 11.0 Å². The average molecular weight is 371 g/mol. The first-order valence-electron chi connectivity index (χ1n) is 7.29. The second-order valence-corrected chi connectivity index (χ2v) is 6.08. The molecule has 0 aromatic heterocycles. The van der Waals surface area contributed by atoms with Crippen LogP contribution in [-0.2, 0) is 9.53 Å². The zero-order chi connectivity index (χ0) is 16.5. The first kappa shape index (κ1) is 18.6. The third-order valence-electron chi connectivity index (χ3n) is 3.07. The van der Waals surface area contributed by atoms with E-state index in [1.54, 1.807) is 24.0 Å². The minimum atomic E-state index is -0.278. The standard InChI is InChI=1S/C16H23BrN2O3/c1-4-22-15(20)8-9-19(11-10-18(2)3)16(21)13-6-5-7-14(17)12-13/h5-7,12H,4,8-11H2,1-3H3. The van der Waals surface area contributed by atoms with Crippen LogP contribution in [0.3, 0.4) is 0 Å². The lowest BCUT2D eigenvalue weighted by molar-refractivity contribution is -0.143. The molecule has 0 aliphatic carbocycles. The molecule has 5 nitrogen and oxygen atoms in total. The lowest BCUT2D eigenvalue weighted by atomic mass is 10.2. The molecule has 122 valence electrons. The fourth-order valence-corrected chi connectivity index (χ4v) is 2.30. The summed E-state index contributed by atoms with van der Waals surface area (Å²) in [6, 6.07) is 7.27. The zero-order valence-corrected chi connectivity index (χ0v) is 14.9. The Morgan fingerprint density at radius 3 is 2.50 bits per heavy atom. The normalized spacial score (nSPS) is 10.6. The molecule has 1 aromatic rings. The van der Waals surface area contributed by atoms with E-state index < -0.39 is 0 Å². The Hall–Kier alpha value is -1.40. The van der Waals surface area contributed by atoms with Crippen LogP contribution < -0.4 is 0 Å². The van der Waals surface area contributed by atoms with E-state index >= 15 is 0 Å². The van der Waals surface area contributed by atoms with Gasteiger partial charge in [-0.2, -0.15) is 0 Å². The summed E-state index contributed by atoms with van der Waals surface area (Å²) >= 11 is 3.37. The average Bonchev–Trinajstić information content (AvgIpc) is 2.46. The molecule has 0 saturated heterocycles. The van der Waals surface area contributed by atoms with Crippen molar-refractivity contribution in [1.82, 2.24) is 9.80 Å². The maximum atomic E-state index is 12.6. The molecule has 0 bridgehead atoms. The van der Waals surface area contributed by atoms with Crippen molar-refractivity contribution in [2.75, 3.05) is 40.3 Å². The number of amides is 1. The van der Waals surface area contributed by atoms with Gasteiger partial charge < -0.3 is 14.5 Å². The minimum absolute atomic E-state index is 0.0764. The van der Waals surface area contributed by atoms with Crippen LogP contribution in [0.4, 0.5) is 0 Å². The van der Waals surface area contributed by atoms with E-state index in [0.29, 0.717) is 25.3 Å². The van der Waals surface area contributed by atoms with E-state index in [1.807, 2.05) is 31.1 Å². The highest BCUT2D eigenvalue weighted by Gasteiger charge is 2.17. The van der Waals surface area contributed by atoms with Crippen LogP contribution in [0.1, 0.15) is 23.7 Å². The SMILES string of the molecule is CCOC(=O)CCN(CCN(C)C)C(=O)c1cccc(Br)c1. The molecule has 1 aromatic carbocycles. The lowest BCUT2D eigenvalue weighted by Gasteiger charge is -2.24. The molecule has 0 unspecified atom stereocenters. The van der Waals surface area contributed by atoms with Crippen LogP contribution in [0, 0.1) is 0 Å². The molecule has 6 heteroatoms. The van der Waals surface area contributed by atoms with Gasteiger partial charge in [-0.1, -0.05) is 22.0 Å². The number of rotatable bonds is 8. The third-order valence-corrected chi connectivity index (χ3v) is 3.56. The summed E-state index contributed by atoms with van der Waals surface area (Å²) in [5.74, 6) is -0.355. The number of halogens is 1. The van der Waals surface area contributed by atoms with Gasteiger partial charge in [0.25, 0.3) is 5.91 Å². The summed E-state index contributed by atoms with van der Waals surface area (Å²) < 4.78 is 5.79. The van der Waals surface area contributed by atoms with Gasteiger partial charge in [0.1, 0.15) is 0 Å². The molecule has 0 saturated carbocycles. The fourth-order valence-electron chi connectivity index (χ4n) is 1.90. The molecule has 1 amide bonds. The Bertz CT molecular complexity index is 506. The summed E-state index contributed by atoms with van der Waals surface area (Å²) in [6.07, 6.45) is 0.209. The van der Waals surface area contributed by atoms with Crippen LogP contribution in [-0.4, -0.2) is 62.0 Å². The van der Waals surface area contributed by atoms with E-state index in [-0.39, 0.29) is 18.3 Å². The van der Waals surface area contributed by atoms with Gasteiger partial charge in [0.2, 0.25) is 0 Å². The van der Waals surface area contributed by atoms with Crippen molar-refractivity contribution in [1.29, 1.82) is 0 Å². The van der Waals surface area contributed by atoms with Gasteiger partial charge in [0, 0.05) is 29.7 Å². The van der Waals surface area contributed by atoms with Gasteiger partial charge in [-0.25, -0.2) is 0 Å². The van der Waals surface area contributed by atoms with Gasteiger partial charge in [0.15, 0.2) is 0 Å². The largest absolute Gasteiger partial charge is 0.466 e. The van der Waals surface area contributed by atoms with Crippen molar-refractivity contribution in [2.45, 2.75) is 13.3 Å². The molecule has 0 atom stereocenters. The van der Waals surface area contributed by atoms with Crippen molar-refractivity contribution in [3.63, 3.8) is 0 Å². The van der Waals surface area contributed by atoms with Crippen molar-refractivity contribution in [3.8, 4) is 0 Å². The number of likely N-dealkylation sites (N-methyl/N-ethyl adjacent to an activating group) is 1. The predicted molar refractivity (Wildman–Crippen MR) is 89.8 cm³/mol.